The van der Waals surface area contributed by atoms with E-state index in [4.69, 9.17) is 4.74 Å². The molecule has 0 unspecified atom stereocenters. The smallest absolute Gasteiger partial charge is 0.294 e. The molecule has 12 nitrogen and oxygen atoms in total. The van der Waals surface area contributed by atoms with Crippen molar-refractivity contribution in [2.45, 2.75) is 13.8 Å². The maximum absolute atomic E-state index is 13.1. The predicted octanol–water partition coefficient (Wildman–Crippen LogP) is 5.13. The molecule has 3 aromatic rings. The van der Waals surface area contributed by atoms with Gasteiger partial charge in [0.1, 0.15) is 12.3 Å². The second kappa shape index (κ2) is 14.1. The van der Waals surface area contributed by atoms with Crippen LogP contribution in [0.3, 0.4) is 0 Å². The van der Waals surface area contributed by atoms with Gasteiger partial charge in [0.2, 0.25) is 5.91 Å². The number of nitro benzene ring substituents is 1. The Bertz CT molecular complexity index is 1570. The van der Waals surface area contributed by atoms with Crippen LogP contribution in [0.5, 0.6) is 5.75 Å². The number of ether oxygens (including phenoxy) is 1. The van der Waals surface area contributed by atoms with Crippen LogP contribution in [0.4, 0.5) is 27.5 Å². The van der Waals surface area contributed by atoms with E-state index in [1.165, 1.54) is 30.3 Å². The van der Waals surface area contributed by atoms with Gasteiger partial charge in [0.05, 0.1) is 9.83 Å². The number of rotatable bonds is 12. The lowest BCUT2D eigenvalue weighted by Crippen LogP contribution is -2.36. The quantitative estimate of drug-likeness (QED) is 0.163. The molecule has 2 N–H and O–H groups in total. The average Bonchev–Trinajstić information content (AvgIpc) is 3.25. The molecule has 1 saturated heterocycles. The fourth-order valence-corrected chi connectivity index (χ4v) is 5.06. The summed E-state index contributed by atoms with van der Waals surface area (Å²) in [5.74, 6) is -1.41. The molecule has 3 aromatic carbocycles. The number of para-hydroxylation sites is 1. The maximum Gasteiger partial charge on any atom is 0.294 e. The van der Waals surface area contributed by atoms with Crippen molar-refractivity contribution in [2.24, 2.45) is 0 Å². The van der Waals surface area contributed by atoms with Crippen molar-refractivity contribution in [3.8, 4) is 5.75 Å². The standard InChI is InChI=1S/C30H29N5O7S/c1-3-33(4-2)23-14-13-20(25(17-23)42-19-28(37)32-22-11-8-12-24(16-22)35(40)41)15-26-29(38)34(30(39)43-26)18-27(36)31-21-9-6-5-7-10-21/h5-17H,3-4,18-19H2,1-2H3,(H,31,36)(H,32,37)/b26-15-. The first-order valence-corrected chi connectivity index (χ1v) is 14.2. The molecule has 222 valence electrons. The van der Waals surface area contributed by atoms with E-state index < -0.39 is 41.0 Å². The number of nitrogens with one attached hydrogen (secondary N) is 2. The van der Waals surface area contributed by atoms with Crippen LogP contribution in [0.15, 0.2) is 77.7 Å². The minimum absolute atomic E-state index is 0.0963. The molecular weight excluding hydrogens is 574 g/mol. The Morgan fingerprint density at radius 1 is 0.953 bits per heavy atom. The predicted molar refractivity (Wildman–Crippen MR) is 165 cm³/mol. The van der Waals surface area contributed by atoms with Crippen molar-refractivity contribution in [1.29, 1.82) is 0 Å². The SMILES string of the molecule is CCN(CC)c1ccc(/C=C2\SC(=O)N(CC(=O)Nc3ccccc3)C2=O)c(OCC(=O)Nc2cccc([N+](=O)[O-])c2)c1. The van der Waals surface area contributed by atoms with Crippen LogP contribution in [0, 0.1) is 10.1 Å². The van der Waals surface area contributed by atoms with Crippen molar-refractivity contribution >= 4 is 63.5 Å². The van der Waals surface area contributed by atoms with Gasteiger partial charge in [-0.2, -0.15) is 0 Å². The average molecular weight is 604 g/mol. The number of amides is 4. The zero-order chi connectivity index (χ0) is 30.9. The molecule has 1 heterocycles. The molecule has 0 aromatic heterocycles. The monoisotopic (exact) mass is 603 g/mol. The first kappa shape index (κ1) is 30.8. The van der Waals surface area contributed by atoms with Gasteiger partial charge < -0.3 is 20.3 Å². The summed E-state index contributed by atoms with van der Waals surface area (Å²) >= 11 is 0.701. The van der Waals surface area contributed by atoms with Gasteiger partial charge in [-0.05, 0) is 62.0 Å². The van der Waals surface area contributed by atoms with Crippen molar-refractivity contribution in [1.82, 2.24) is 4.90 Å². The van der Waals surface area contributed by atoms with Crippen LogP contribution < -0.4 is 20.3 Å². The van der Waals surface area contributed by atoms with E-state index in [-0.39, 0.29) is 22.0 Å². The van der Waals surface area contributed by atoms with Crippen LogP contribution in [0.25, 0.3) is 6.08 Å². The molecule has 0 aliphatic carbocycles. The lowest BCUT2D eigenvalue weighted by atomic mass is 10.1. The summed E-state index contributed by atoms with van der Waals surface area (Å²) in [6.45, 7) is 4.55. The third kappa shape index (κ3) is 7.98. The minimum atomic E-state index is -0.625. The highest BCUT2D eigenvalue weighted by molar-refractivity contribution is 8.18. The number of hydrogen-bond donors (Lipinski definition) is 2. The number of anilines is 3. The molecule has 0 radical (unpaired) electrons. The van der Waals surface area contributed by atoms with E-state index in [0.717, 1.165) is 10.6 Å². The largest absolute Gasteiger partial charge is 0.483 e. The van der Waals surface area contributed by atoms with E-state index in [9.17, 15) is 29.3 Å². The Morgan fingerprint density at radius 2 is 1.65 bits per heavy atom. The van der Waals surface area contributed by atoms with Gasteiger partial charge in [-0.1, -0.05) is 24.3 Å². The van der Waals surface area contributed by atoms with Crippen LogP contribution >= 0.6 is 11.8 Å². The lowest BCUT2D eigenvalue weighted by molar-refractivity contribution is -0.384. The number of carbonyl (C=O) groups is 4. The van der Waals surface area contributed by atoms with E-state index in [0.29, 0.717) is 36.1 Å². The molecule has 4 amide bonds. The van der Waals surface area contributed by atoms with E-state index >= 15 is 0 Å². The number of nitrogens with zero attached hydrogens (tertiary/aromatic N) is 3. The molecule has 4 rings (SSSR count). The van der Waals surface area contributed by atoms with Gasteiger partial charge in [-0.3, -0.25) is 34.2 Å². The maximum atomic E-state index is 13.1. The third-order valence-electron chi connectivity index (χ3n) is 6.34. The minimum Gasteiger partial charge on any atom is -0.483 e. The molecule has 0 saturated carbocycles. The number of non-ortho nitro benzene ring substituents is 1. The second-order valence-electron chi connectivity index (χ2n) is 9.22. The van der Waals surface area contributed by atoms with Gasteiger partial charge in [0.15, 0.2) is 6.61 Å². The molecule has 0 spiro atoms. The second-order valence-corrected chi connectivity index (χ2v) is 10.2. The Hall–Kier alpha value is -5.17. The molecule has 0 bridgehead atoms. The van der Waals surface area contributed by atoms with Crippen molar-refractivity contribution < 1.29 is 28.8 Å². The number of nitro groups is 1. The third-order valence-corrected chi connectivity index (χ3v) is 7.25. The summed E-state index contributed by atoms with van der Waals surface area (Å²) in [4.78, 5) is 64.4. The van der Waals surface area contributed by atoms with E-state index in [2.05, 4.69) is 15.5 Å². The van der Waals surface area contributed by atoms with Crippen LogP contribution in [-0.2, 0) is 14.4 Å². The summed E-state index contributed by atoms with van der Waals surface area (Å²) in [6.07, 6.45) is 1.49. The molecule has 1 fully saturated rings. The molecule has 0 atom stereocenters. The number of carbonyl (C=O) groups excluding carboxylic acids is 4. The zero-order valence-electron chi connectivity index (χ0n) is 23.4. The summed E-state index contributed by atoms with van der Waals surface area (Å²) in [5, 5.41) is 15.7. The first-order valence-electron chi connectivity index (χ1n) is 13.3. The number of imide groups is 1. The van der Waals surface area contributed by atoms with Crippen LogP contribution in [0.1, 0.15) is 19.4 Å². The Balaban J connectivity index is 1.51. The Kier molecular flexibility index (Phi) is 10.1. The normalized spacial score (nSPS) is 13.6. The molecule has 1 aliphatic heterocycles. The van der Waals surface area contributed by atoms with Gasteiger partial charge in [-0.25, -0.2) is 0 Å². The number of thioether (sulfide) groups is 1. The van der Waals surface area contributed by atoms with Crippen LogP contribution in [0.2, 0.25) is 0 Å². The van der Waals surface area contributed by atoms with Gasteiger partial charge in [0, 0.05) is 53.9 Å². The van der Waals surface area contributed by atoms with Gasteiger partial charge in [0.25, 0.3) is 22.7 Å². The highest BCUT2D eigenvalue weighted by atomic mass is 32.2. The molecule has 1 aliphatic rings. The number of hydrogen-bond acceptors (Lipinski definition) is 9. The topological polar surface area (TPSA) is 151 Å². The highest BCUT2D eigenvalue weighted by Crippen LogP contribution is 2.35. The fourth-order valence-electron chi connectivity index (χ4n) is 4.23. The zero-order valence-corrected chi connectivity index (χ0v) is 24.3. The van der Waals surface area contributed by atoms with Crippen molar-refractivity contribution in [3.05, 3.63) is 93.4 Å². The molecule has 43 heavy (non-hydrogen) atoms. The molecule has 13 heteroatoms. The fraction of sp³-hybridized carbons (Fsp3) is 0.200. The summed E-state index contributed by atoms with van der Waals surface area (Å²) in [5.41, 5.74) is 1.88. The first-order chi connectivity index (χ1) is 20.7. The van der Waals surface area contributed by atoms with Crippen molar-refractivity contribution in [3.63, 3.8) is 0 Å². The summed E-state index contributed by atoms with van der Waals surface area (Å²) < 4.78 is 5.86. The van der Waals surface area contributed by atoms with Crippen LogP contribution in [-0.4, -0.2) is 59.0 Å². The Morgan fingerprint density at radius 3 is 2.35 bits per heavy atom. The highest BCUT2D eigenvalue weighted by Gasteiger charge is 2.36. The van der Waals surface area contributed by atoms with E-state index in [1.54, 1.807) is 42.5 Å². The number of benzene rings is 3. The molecular formula is C30H29N5O7S. The summed E-state index contributed by atoms with van der Waals surface area (Å²) in [6, 6.07) is 19.5. The van der Waals surface area contributed by atoms with Crippen molar-refractivity contribution in [2.75, 3.05) is 41.8 Å². The van der Waals surface area contributed by atoms with Gasteiger partial charge >= 0.3 is 0 Å². The van der Waals surface area contributed by atoms with E-state index in [1.807, 2.05) is 19.9 Å². The van der Waals surface area contributed by atoms with Gasteiger partial charge in [-0.15, -0.1) is 0 Å². The summed E-state index contributed by atoms with van der Waals surface area (Å²) in [7, 11) is 0. The lowest BCUT2D eigenvalue weighted by Gasteiger charge is -2.22. The Labute approximate surface area is 251 Å².